The zero-order valence-corrected chi connectivity index (χ0v) is 16.8. The molecule has 2 aromatic rings. The third kappa shape index (κ3) is 4.89. The second-order valence-corrected chi connectivity index (χ2v) is 6.29. The SMILES string of the molecule is Cl.Cl.Nc1cc2c(cc1NC(=O)CN1CCN(c3ccccn3)CC1)OCO2. The number of nitrogen functional groups attached to an aromatic ring is 1. The van der Waals surface area contributed by atoms with E-state index in [-0.39, 0.29) is 37.5 Å². The van der Waals surface area contributed by atoms with E-state index in [0.717, 1.165) is 32.0 Å². The van der Waals surface area contributed by atoms with Gasteiger partial charge in [-0.05, 0) is 12.1 Å². The summed E-state index contributed by atoms with van der Waals surface area (Å²) in [5.41, 5.74) is 6.99. The molecule has 152 valence electrons. The molecule has 0 radical (unpaired) electrons. The van der Waals surface area contributed by atoms with Crippen molar-refractivity contribution in [2.45, 2.75) is 0 Å². The molecule has 0 saturated carbocycles. The van der Waals surface area contributed by atoms with Crippen molar-refractivity contribution in [3.8, 4) is 11.5 Å². The van der Waals surface area contributed by atoms with Gasteiger partial charge >= 0.3 is 0 Å². The van der Waals surface area contributed by atoms with E-state index in [9.17, 15) is 4.79 Å². The van der Waals surface area contributed by atoms with E-state index in [0.29, 0.717) is 29.4 Å². The van der Waals surface area contributed by atoms with Crippen LogP contribution >= 0.6 is 24.8 Å². The van der Waals surface area contributed by atoms with Crippen LogP contribution in [0, 0.1) is 0 Å². The molecule has 1 fully saturated rings. The number of hydrogen-bond donors (Lipinski definition) is 2. The predicted molar refractivity (Wildman–Crippen MR) is 113 cm³/mol. The van der Waals surface area contributed by atoms with Gasteiger partial charge < -0.3 is 25.4 Å². The van der Waals surface area contributed by atoms with Crippen molar-refractivity contribution in [2.24, 2.45) is 0 Å². The van der Waals surface area contributed by atoms with Gasteiger partial charge in [0.2, 0.25) is 12.7 Å². The largest absolute Gasteiger partial charge is 0.454 e. The molecule has 8 nitrogen and oxygen atoms in total. The maximum Gasteiger partial charge on any atom is 0.238 e. The Balaban J connectivity index is 0.00000140. The summed E-state index contributed by atoms with van der Waals surface area (Å²) in [6.07, 6.45) is 1.80. The highest BCUT2D eigenvalue weighted by Crippen LogP contribution is 2.38. The minimum Gasteiger partial charge on any atom is -0.454 e. The lowest BCUT2D eigenvalue weighted by molar-refractivity contribution is -0.117. The monoisotopic (exact) mass is 427 g/mol. The third-order valence-electron chi connectivity index (χ3n) is 4.53. The van der Waals surface area contributed by atoms with Crippen LogP contribution < -0.4 is 25.4 Å². The van der Waals surface area contributed by atoms with Gasteiger partial charge in [-0.2, -0.15) is 0 Å². The lowest BCUT2D eigenvalue weighted by Crippen LogP contribution is -2.48. The van der Waals surface area contributed by atoms with Gasteiger partial charge in [0.25, 0.3) is 0 Å². The number of ether oxygens (including phenoxy) is 2. The number of amides is 1. The van der Waals surface area contributed by atoms with Gasteiger partial charge in [-0.25, -0.2) is 4.98 Å². The second-order valence-electron chi connectivity index (χ2n) is 6.29. The van der Waals surface area contributed by atoms with E-state index in [4.69, 9.17) is 15.2 Å². The Morgan fingerprint density at radius 3 is 2.50 bits per heavy atom. The fraction of sp³-hybridized carbons (Fsp3) is 0.333. The molecule has 10 heteroatoms. The van der Waals surface area contributed by atoms with Gasteiger partial charge in [0, 0.05) is 44.5 Å². The van der Waals surface area contributed by atoms with Crippen LogP contribution in [0.1, 0.15) is 0 Å². The summed E-state index contributed by atoms with van der Waals surface area (Å²) in [6, 6.07) is 9.27. The average molecular weight is 428 g/mol. The highest BCUT2D eigenvalue weighted by Gasteiger charge is 2.21. The number of aromatic nitrogens is 1. The van der Waals surface area contributed by atoms with Crippen molar-refractivity contribution in [2.75, 3.05) is 55.5 Å². The first kappa shape index (κ1) is 21.9. The Hall–Kier alpha value is -2.42. The zero-order valence-electron chi connectivity index (χ0n) is 15.2. The molecule has 2 aliphatic rings. The van der Waals surface area contributed by atoms with Crippen molar-refractivity contribution in [1.82, 2.24) is 9.88 Å². The fourth-order valence-electron chi connectivity index (χ4n) is 3.13. The normalized spacial score (nSPS) is 15.4. The second kappa shape index (κ2) is 9.68. The summed E-state index contributed by atoms with van der Waals surface area (Å²) >= 11 is 0. The molecule has 0 bridgehead atoms. The van der Waals surface area contributed by atoms with Crippen molar-refractivity contribution in [3.05, 3.63) is 36.5 Å². The van der Waals surface area contributed by atoms with E-state index < -0.39 is 0 Å². The number of pyridine rings is 1. The van der Waals surface area contributed by atoms with Gasteiger partial charge in [-0.3, -0.25) is 9.69 Å². The summed E-state index contributed by atoms with van der Waals surface area (Å²) in [5, 5.41) is 2.86. The fourth-order valence-corrected chi connectivity index (χ4v) is 3.13. The summed E-state index contributed by atoms with van der Waals surface area (Å²) in [5.74, 6) is 2.08. The number of nitrogens with zero attached hydrogens (tertiary/aromatic N) is 3. The Bertz CT molecular complexity index is 801. The van der Waals surface area contributed by atoms with Crippen molar-refractivity contribution < 1.29 is 14.3 Å². The molecular weight excluding hydrogens is 405 g/mol. The first-order chi connectivity index (χ1) is 12.7. The van der Waals surface area contributed by atoms with Gasteiger partial charge in [-0.15, -0.1) is 24.8 Å². The van der Waals surface area contributed by atoms with Gasteiger partial charge in [-0.1, -0.05) is 6.07 Å². The van der Waals surface area contributed by atoms with Crippen LogP contribution in [0.4, 0.5) is 17.2 Å². The van der Waals surface area contributed by atoms with Crippen LogP contribution in [0.2, 0.25) is 0 Å². The molecule has 1 aromatic carbocycles. The lowest BCUT2D eigenvalue weighted by atomic mass is 10.2. The zero-order chi connectivity index (χ0) is 17.9. The van der Waals surface area contributed by atoms with E-state index in [2.05, 4.69) is 20.1 Å². The van der Waals surface area contributed by atoms with Crippen molar-refractivity contribution in [1.29, 1.82) is 0 Å². The number of carbonyl (C=O) groups is 1. The standard InChI is InChI=1S/C18H21N5O3.2ClH/c19-13-9-15-16(26-12-25-15)10-14(13)21-18(24)11-22-5-7-23(8-6-22)17-3-1-2-4-20-17;;/h1-4,9-10H,5-8,11-12,19H2,(H,21,24);2*1H. The van der Waals surface area contributed by atoms with E-state index in [1.54, 1.807) is 18.3 Å². The third-order valence-corrected chi connectivity index (χ3v) is 4.53. The van der Waals surface area contributed by atoms with Crippen LogP contribution in [0.5, 0.6) is 11.5 Å². The minimum absolute atomic E-state index is 0. The summed E-state index contributed by atoms with van der Waals surface area (Å²) in [6.45, 7) is 3.80. The molecule has 0 aliphatic carbocycles. The topological polar surface area (TPSA) is 93.0 Å². The highest BCUT2D eigenvalue weighted by molar-refractivity contribution is 5.95. The molecule has 3 heterocycles. The van der Waals surface area contributed by atoms with E-state index >= 15 is 0 Å². The molecule has 3 N–H and O–H groups in total. The smallest absolute Gasteiger partial charge is 0.238 e. The quantitative estimate of drug-likeness (QED) is 0.720. The number of nitrogens with one attached hydrogen (secondary N) is 1. The molecular formula is C18H23Cl2N5O3. The average Bonchev–Trinajstić information content (AvgIpc) is 3.10. The Morgan fingerprint density at radius 1 is 1.11 bits per heavy atom. The number of carbonyl (C=O) groups excluding carboxylic acids is 1. The lowest BCUT2D eigenvalue weighted by Gasteiger charge is -2.34. The highest BCUT2D eigenvalue weighted by atomic mass is 35.5. The minimum atomic E-state index is -0.0955. The summed E-state index contributed by atoms with van der Waals surface area (Å²) in [7, 11) is 0. The molecule has 1 amide bonds. The summed E-state index contributed by atoms with van der Waals surface area (Å²) in [4.78, 5) is 21.1. The number of nitrogens with two attached hydrogens (primary N) is 1. The molecule has 4 rings (SSSR count). The number of hydrogen-bond acceptors (Lipinski definition) is 7. The van der Waals surface area contributed by atoms with E-state index in [1.807, 2.05) is 18.2 Å². The molecule has 1 aromatic heterocycles. The number of rotatable bonds is 4. The molecule has 0 unspecified atom stereocenters. The van der Waals surface area contributed by atoms with E-state index in [1.165, 1.54) is 0 Å². The molecule has 28 heavy (non-hydrogen) atoms. The van der Waals surface area contributed by atoms with Gasteiger partial charge in [0.15, 0.2) is 11.5 Å². The predicted octanol–water partition coefficient (Wildman–Crippen LogP) is 2.00. The molecule has 2 aliphatic heterocycles. The van der Waals surface area contributed by atoms with Crippen LogP contribution in [0.3, 0.4) is 0 Å². The maximum absolute atomic E-state index is 12.4. The maximum atomic E-state index is 12.4. The summed E-state index contributed by atoms with van der Waals surface area (Å²) < 4.78 is 10.6. The van der Waals surface area contributed by atoms with Gasteiger partial charge in [0.1, 0.15) is 5.82 Å². The van der Waals surface area contributed by atoms with Crippen LogP contribution in [-0.4, -0.2) is 55.3 Å². The van der Waals surface area contributed by atoms with Crippen LogP contribution in [0.25, 0.3) is 0 Å². The molecule has 1 saturated heterocycles. The molecule has 0 atom stereocenters. The number of fused-ring (bicyclic) bond motifs is 1. The van der Waals surface area contributed by atoms with Gasteiger partial charge in [0.05, 0.1) is 17.9 Å². The Labute approximate surface area is 175 Å². The Kier molecular flexibility index (Phi) is 7.56. The first-order valence-electron chi connectivity index (χ1n) is 8.56. The van der Waals surface area contributed by atoms with Crippen LogP contribution in [-0.2, 0) is 4.79 Å². The van der Waals surface area contributed by atoms with Crippen molar-refractivity contribution in [3.63, 3.8) is 0 Å². The molecule has 0 spiro atoms. The number of benzene rings is 1. The first-order valence-corrected chi connectivity index (χ1v) is 8.56. The number of anilines is 3. The number of halogens is 2. The Morgan fingerprint density at radius 2 is 1.82 bits per heavy atom. The number of piperazine rings is 1. The van der Waals surface area contributed by atoms with Crippen molar-refractivity contribution >= 4 is 47.9 Å². The van der Waals surface area contributed by atoms with Crippen LogP contribution in [0.15, 0.2) is 36.5 Å².